The number of likely N-dealkylation sites (tertiary alicyclic amines) is 1. The van der Waals surface area contributed by atoms with E-state index in [9.17, 15) is 4.79 Å². The van der Waals surface area contributed by atoms with E-state index in [-0.39, 0.29) is 5.91 Å². The minimum Gasteiger partial charge on any atom is -0.336 e. The van der Waals surface area contributed by atoms with Gasteiger partial charge < -0.3 is 10.6 Å². The first-order valence-electron chi connectivity index (χ1n) is 5.57. The Morgan fingerprint density at radius 1 is 1.62 bits per heavy atom. The molecule has 2 heterocycles. The molecule has 1 unspecified atom stereocenters. The van der Waals surface area contributed by atoms with Crippen LogP contribution in [0.1, 0.15) is 17.8 Å². The van der Waals surface area contributed by atoms with Crippen LogP contribution < -0.4 is 5.73 Å². The Labute approximate surface area is 95.2 Å². The minimum atomic E-state index is 0.193. The molecule has 0 bridgehead atoms. The Kier molecular flexibility index (Phi) is 2.96. The van der Waals surface area contributed by atoms with Crippen molar-refractivity contribution >= 4 is 5.91 Å². The smallest absolute Gasteiger partial charge is 0.223 e. The van der Waals surface area contributed by atoms with E-state index in [0.717, 1.165) is 17.9 Å². The SMILES string of the molecule is Cc1cc(CN2CC(CN)CC2=O)nn1C. The van der Waals surface area contributed by atoms with Gasteiger partial charge in [-0.05, 0) is 25.5 Å². The standard InChI is InChI=1S/C11H18N4O/c1-8-3-10(13-14(8)2)7-15-6-9(5-12)4-11(15)16/h3,9H,4-7,12H2,1-2H3. The third kappa shape index (κ3) is 2.09. The van der Waals surface area contributed by atoms with Crippen LogP contribution in [0.3, 0.4) is 0 Å². The number of hydrogen-bond donors (Lipinski definition) is 1. The highest BCUT2D eigenvalue weighted by atomic mass is 16.2. The fraction of sp³-hybridized carbons (Fsp3) is 0.636. The van der Waals surface area contributed by atoms with Gasteiger partial charge in [0, 0.05) is 25.7 Å². The lowest BCUT2D eigenvalue weighted by Crippen LogP contribution is -2.26. The van der Waals surface area contributed by atoms with Gasteiger partial charge in [0.15, 0.2) is 0 Å². The number of carbonyl (C=O) groups is 1. The molecule has 1 fully saturated rings. The molecule has 1 atom stereocenters. The van der Waals surface area contributed by atoms with Crippen LogP contribution in [0.4, 0.5) is 0 Å². The summed E-state index contributed by atoms with van der Waals surface area (Å²) in [4.78, 5) is 13.5. The number of aromatic nitrogens is 2. The summed E-state index contributed by atoms with van der Waals surface area (Å²) in [5.41, 5.74) is 7.64. The van der Waals surface area contributed by atoms with Gasteiger partial charge in [0.05, 0.1) is 12.2 Å². The molecule has 2 N–H and O–H groups in total. The maximum atomic E-state index is 11.7. The molecule has 0 aliphatic carbocycles. The highest BCUT2D eigenvalue weighted by molar-refractivity contribution is 5.78. The zero-order valence-electron chi connectivity index (χ0n) is 9.81. The molecule has 2 rings (SSSR count). The van der Waals surface area contributed by atoms with Gasteiger partial charge in [0.2, 0.25) is 5.91 Å². The average molecular weight is 222 g/mol. The number of carbonyl (C=O) groups excluding carboxylic acids is 1. The van der Waals surface area contributed by atoms with Crippen LogP contribution in [0.15, 0.2) is 6.07 Å². The first kappa shape index (κ1) is 11.1. The Morgan fingerprint density at radius 3 is 2.88 bits per heavy atom. The highest BCUT2D eigenvalue weighted by Gasteiger charge is 2.28. The predicted octanol–water partition coefficient (Wildman–Crippen LogP) is 0.0357. The lowest BCUT2D eigenvalue weighted by atomic mass is 10.1. The van der Waals surface area contributed by atoms with Crippen molar-refractivity contribution in [3.63, 3.8) is 0 Å². The molecule has 1 aromatic heterocycles. The predicted molar refractivity (Wildman–Crippen MR) is 60.5 cm³/mol. The molecule has 0 radical (unpaired) electrons. The minimum absolute atomic E-state index is 0.193. The van der Waals surface area contributed by atoms with Crippen LogP contribution in [-0.4, -0.2) is 33.7 Å². The summed E-state index contributed by atoms with van der Waals surface area (Å²) in [6, 6.07) is 2.02. The first-order chi connectivity index (χ1) is 7.60. The van der Waals surface area contributed by atoms with Gasteiger partial charge in [0.1, 0.15) is 0 Å². The monoisotopic (exact) mass is 222 g/mol. The first-order valence-corrected chi connectivity index (χ1v) is 5.57. The van der Waals surface area contributed by atoms with E-state index in [1.54, 1.807) is 0 Å². The van der Waals surface area contributed by atoms with Crippen molar-refractivity contribution < 1.29 is 4.79 Å². The summed E-state index contributed by atoms with van der Waals surface area (Å²) in [5, 5.41) is 4.35. The Morgan fingerprint density at radius 2 is 2.38 bits per heavy atom. The lowest BCUT2D eigenvalue weighted by molar-refractivity contribution is -0.128. The number of nitrogens with two attached hydrogens (primary N) is 1. The number of amides is 1. The molecule has 5 heteroatoms. The van der Waals surface area contributed by atoms with E-state index in [4.69, 9.17) is 5.73 Å². The molecule has 0 aromatic carbocycles. The third-order valence-corrected chi connectivity index (χ3v) is 3.15. The summed E-state index contributed by atoms with van der Waals surface area (Å²) < 4.78 is 1.83. The summed E-state index contributed by atoms with van der Waals surface area (Å²) in [7, 11) is 1.91. The van der Waals surface area contributed by atoms with Crippen molar-refractivity contribution in [2.75, 3.05) is 13.1 Å². The number of hydrogen-bond acceptors (Lipinski definition) is 3. The van der Waals surface area contributed by atoms with Crippen LogP contribution in [0, 0.1) is 12.8 Å². The summed E-state index contributed by atoms with van der Waals surface area (Å²) in [6.07, 6.45) is 0.586. The van der Waals surface area contributed by atoms with Crippen molar-refractivity contribution in [2.45, 2.75) is 19.9 Å². The van der Waals surface area contributed by atoms with Crippen LogP contribution >= 0.6 is 0 Å². The highest BCUT2D eigenvalue weighted by Crippen LogP contribution is 2.18. The molecule has 16 heavy (non-hydrogen) atoms. The van der Waals surface area contributed by atoms with E-state index in [1.807, 2.05) is 29.6 Å². The zero-order chi connectivity index (χ0) is 11.7. The van der Waals surface area contributed by atoms with Gasteiger partial charge in [-0.25, -0.2) is 0 Å². The van der Waals surface area contributed by atoms with Gasteiger partial charge >= 0.3 is 0 Å². The van der Waals surface area contributed by atoms with Crippen molar-refractivity contribution in [3.05, 3.63) is 17.5 Å². The summed E-state index contributed by atoms with van der Waals surface area (Å²) in [6.45, 7) is 3.97. The summed E-state index contributed by atoms with van der Waals surface area (Å²) in [5.74, 6) is 0.510. The van der Waals surface area contributed by atoms with Gasteiger partial charge in [-0.3, -0.25) is 9.48 Å². The second-order valence-corrected chi connectivity index (χ2v) is 4.48. The maximum absolute atomic E-state index is 11.7. The molecule has 1 aliphatic rings. The van der Waals surface area contributed by atoms with E-state index < -0.39 is 0 Å². The van der Waals surface area contributed by atoms with Crippen molar-refractivity contribution in [1.82, 2.24) is 14.7 Å². The molecule has 0 spiro atoms. The van der Waals surface area contributed by atoms with Gasteiger partial charge in [-0.2, -0.15) is 5.10 Å². The van der Waals surface area contributed by atoms with Gasteiger partial charge in [-0.1, -0.05) is 0 Å². The Hall–Kier alpha value is -1.36. The lowest BCUT2D eigenvalue weighted by Gasteiger charge is -2.14. The van der Waals surface area contributed by atoms with Crippen molar-refractivity contribution in [3.8, 4) is 0 Å². The van der Waals surface area contributed by atoms with E-state index in [1.165, 1.54) is 0 Å². The van der Waals surface area contributed by atoms with E-state index >= 15 is 0 Å². The molecule has 5 nitrogen and oxygen atoms in total. The van der Waals surface area contributed by atoms with Crippen LogP contribution in [0.25, 0.3) is 0 Å². The number of nitrogens with zero attached hydrogens (tertiary/aromatic N) is 3. The topological polar surface area (TPSA) is 64.2 Å². The molecule has 1 amide bonds. The van der Waals surface area contributed by atoms with E-state index in [0.29, 0.717) is 25.4 Å². The van der Waals surface area contributed by atoms with Gasteiger partial charge in [-0.15, -0.1) is 0 Å². The molecule has 88 valence electrons. The van der Waals surface area contributed by atoms with Crippen LogP contribution in [-0.2, 0) is 18.4 Å². The van der Waals surface area contributed by atoms with Gasteiger partial charge in [0.25, 0.3) is 0 Å². The second-order valence-electron chi connectivity index (χ2n) is 4.48. The van der Waals surface area contributed by atoms with Crippen molar-refractivity contribution in [2.24, 2.45) is 18.7 Å². The largest absolute Gasteiger partial charge is 0.336 e. The summed E-state index contributed by atoms with van der Waals surface area (Å²) >= 11 is 0. The zero-order valence-corrected chi connectivity index (χ0v) is 9.81. The fourth-order valence-electron chi connectivity index (χ4n) is 2.07. The van der Waals surface area contributed by atoms with Crippen LogP contribution in [0.5, 0.6) is 0 Å². The normalized spacial score (nSPS) is 20.8. The Bertz CT molecular complexity index is 379. The number of rotatable bonds is 3. The van der Waals surface area contributed by atoms with Crippen molar-refractivity contribution in [1.29, 1.82) is 0 Å². The maximum Gasteiger partial charge on any atom is 0.223 e. The quantitative estimate of drug-likeness (QED) is 0.785. The molecule has 1 aliphatic heterocycles. The number of aryl methyl sites for hydroxylation is 2. The van der Waals surface area contributed by atoms with Crippen LogP contribution in [0.2, 0.25) is 0 Å². The third-order valence-electron chi connectivity index (χ3n) is 3.15. The molecule has 1 saturated heterocycles. The molecule has 0 saturated carbocycles. The second kappa shape index (κ2) is 4.25. The average Bonchev–Trinajstić information content (AvgIpc) is 2.73. The molecular formula is C11H18N4O. The fourth-order valence-corrected chi connectivity index (χ4v) is 2.07. The molecular weight excluding hydrogens is 204 g/mol. The van der Waals surface area contributed by atoms with E-state index in [2.05, 4.69) is 5.10 Å². The Balaban J connectivity index is 2.02. The molecule has 1 aromatic rings.